The second-order valence-electron chi connectivity index (χ2n) is 8.29. The van der Waals surface area contributed by atoms with Gasteiger partial charge in [0.15, 0.2) is 0 Å². The van der Waals surface area contributed by atoms with Crippen molar-refractivity contribution < 1.29 is 4.74 Å². The van der Waals surface area contributed by atoms with Crippen molar-refractivity contribution in [3.8, 4) is 39.7 Å². The second kappa shape index (κ2) is 7.03. The minimum absolute atomic E-state index is 0.757. The summed E-state index contributed by atoms with van der Waals surface area (Å²) in [6.07, 6.45) is 4.50. The van der Waals surface area contributed by atoms with E-state index in [0.717, 1.165) is 74.7 Å². The number of rotatable bonds is 3. The molecule has 0 radical (unpaired) electrons. The first-order valence-corrected chi connectivity index (χ1v) is 11.0. The molecule has 3 aromatic carbocycles. The molecule has 0 atom stereocenters. The standard InChI is InChI=1S/C27H19N5O/c1-4-21-23(31-26(29-21)16-7-10-28-11-8-16)14-17(1)18-2-5-22-24(15-18)32-27(30-22)20-3-6-25-19(13-20)9-12-33-25/h1-8,10-11,13-15H,9,12H2,(H,29,31)(H,30,32). The summed E-state index contributed by atoms with van der Waals surface area (Å²) >= 11 is 0. The molecule has 158 valence electrons. The molecular weight excluding hydrogens is 410 g/mol. The number of H-pyrrole nitrogens is 2. The summed E-state index contributed by atoms with van der Waals surface area (Å²) in [5.41, 5.74) is 9.49. The van der Waals surface area contributed by atoms with Crippen LogP contribution in [0.15, 0.2) is 79.1 Å². The summed E-state index contributed by atoms with van der Waals surface area (Å²) in [5, 5.41) is 0. The molecule has 1 aliphatic rings. The summed E-state index contributed by atoms with van der Waals surface area (Å²) < 4.78 is 5.63. The third kappa shape index (κ3) is 3.07. The second-order valence-corrected chi connectivity index (χ2v) is 8.29. The zero-order chi connectivity index (χ0) is 21.8. The molecule has 6 heteroatoms. The molecule has 1 aliphatic heterocycles. The monoisotopic (exact) mass is 429 g/mol. The largest absolute Gasteiger partial charge is 0.493 e. The molecule has 0 unspecified atom stereocenters. The first kappa shape index (κ1) is 18.2. The number of aromatic amines is 2. The molecule has 0 fully saturated rings. The van der Waals surface area contributed by atoms with Crippen molar-refractivity contribution in [3.05, 3.63) is 84.7 Å². The van der Waals surface area contributed by atoms with Gasteiger partial charge in [0.05, 0.1) is 28.7 Å². The third-order valence-corrected chi connectivity index (χ3v) is 6.21. The Hall–Kier alpha value is -4.45. The van der Waals surface area contributed by atoms with E-state index in [0.29, 0.717) is 0 Å². The number of ether oxygens (including phenoxy) is 1. The molecular formula is C27H19N5O. The highest BCUT2D eigenvalue weighted by molar-refractivity contribution is 5.88. The summed E-state index contributed by atoms with van der Waals surface area (Å²) in [4.78, 5) is 20.6. The van der Waals surface area contributed by atoms with Crippen molar-refractivity contribution in [2.75, 3.05) is 6.61 Å². The van der Waals surface area contributed by atoms with Gasteiger partial charge in [-0.1, -0.05) is 12.1 Å². The lowest BCUT2D eigenvalue weighted by Crippen LogP contribution is -1.85. The maximum atomic E-state index is 5.63. The van der Waals surface area contributed by atoms with Crippen LogP contribution in [0.2, 0.25) is 0 Å². The number of pyridine rings is 1. The molecule has 3 aromatic heterocycles. The van der Waals surface area contributed by atoms with E-state index in [-0.39, 0.29) is 0 Å². The van der Waals surface area contributed by atoms with E-state index in [4.69, 9.17) is 14.7 Å². The van der Waals surface area contributed by atoms with Crippen molar-refractivity contribution in [2.24, 2.45) is 0 Å². The predicted octanol–water partition coefficient (Wildman–Crippen LogP) is 5.77. The quantitative estimate of drug-likeness (QED) is 0.374. The van der Waals surface area contributed by atoms with Crippen LogP contribution in [-0.4, -0.2) is 31.5 Å². The summed E-state index contributed by atoms with van der Waals surface area (Å²) in [7, 11) is 0. The minimum atomic E-state index is 0.757. The lowest BCUT2D eigenvalue weighted by molar-refractivity contribution is 0.357. The molecule has 0 saturated heterocycles. The van der Waals surface area contributed by atoms with Crippen LogP contribution in [0, 0.1) is 0 Å². The van der Waals surface area contributed by atoms with Crippen LogP contribution >= 0.6 is 0 Å². The van der Waals surface area contributed by atoms with Gasteiger partial charge in [-0.05, 0) is 71.3 Å². The normalized spacial score (nSPS) is 12.8. The number of imidazole rings is 2. The Kier molecular flexibility index (Phi) is 3.87. The maximum absolute atomic E-state index is 5.63. The van der Waals surface area contributed by atoms with Crippen molar-refractivity contribution in [1.29, 1.82) is 0 Å². The van der Waals surface area contributed by atoms with E-state index in [9.17, 15) is 0 Å². The Morgan fingerprint density at radius 3 is 2.33 bits per heavy atom. The molecule has 2 N–H and O–H groups in total. The highest BCUT2D eigenvalue weighted by Crippen LogP contribution is 2.32. The number of aromatic nitrogens is 5. The number of fused-ring (bicyclic) bond motifs is 3. The molecule has 6 aromatic rings. The van der Waals surface area contributed by atoms with Gasteiger partial charge in [0.2, 0.25) is 0 Å². The lowest BCUT2D eigenvalue weighted by Gasteiger charge is -2.01. The average Bonchev–Trinajstić information content (AvgIpc) is 3.60. The van der Waals surface area contributed by atoms with Crippen molar-refractivity contribution >= 4 is 22.1 Å². The smallest absolute Gasteiger partial charge is 0.138 e. The number of nitrogens with one attached hydrogen (secondary N) is 2. The fraction of sp³-hybridized carbons (Fsp3) is 0.0741. The molecule has 0 spiro atoms. The molecule has 0 bridgehead atoms. The van der Waals surface area contributed by atoms with Crippen LogP contribution in [-0.2, 0) is 6.42 Å². The molecule has 4 heterocycles. The first-order valence-electron chi connectivity index (χ1n) is 11.0. The maximum Gasteiger partial charge on any atom is 0.138 e. The third-order valence-electron chi connectivity index (χ3n) is 6.21. The Morgan fingerprint density at radius 2 is 1.39 bits per heavy atom. The van der Waals surface area contributed by atoms with Gasteiger partial charge in [-0.2, -0.15) is 0 Å². The summed E-state index contributed by atoms with van der Waals surface area (Å²) in [5.74, 6) is 2.71. The molecule has 0 amide bonds. The van der Waals surface area contributed by atoms with Crippen molar-refractivity contribution in [3.63, 3.8) is 0 Å². The van der Waals surface area contributed by atoms with Crippen LogP contribution in [0.4, 0.5) is 0 Å². The van der Waals surface area contributed by atoms with Gasteiger partial charge in [-0.15, -0.1) is 0 Å². The van der Waals surface area contributed by atoms with E-state index in [1.54, 1.807) is 12.4 Å². The topological polar surface area (TPSA) is 79.5 Å². The van der Waals surface area contributed by atoms with Gasteiger partial charge in [0.25, 0.3) is 0 Å². The fourth-order valence-electron chi connectivity index (χ4n) is 4.49. The van der Waals surface area contributed by atoms with E-state index in [2.05, 4.69) is 63.5 Å². The number of benzene rings is 3. The van der Waals surface area contributed by atoms with Gasteiger partial charge in [0.1, 0.15) is 17.4 Å². The van der Waals surface area contributed by atoms with Crippen LogP contribution in [0.3, 0.4) is 0 Å². The Balaban J connectivity index is 1.26. The Morgan fingerprint density at radius 1 is 0.636 bits per heavy atom. The van der Waals surface area contributed by atoms with E-state index < -0.39 is 0 Å². The van der Waals surface area contributed by atoms with Gasteiger partial charge in [0, 0.05) is 29.9 Å². The Bertz CT molecular complexity index is 1650. The molecule has 33 heavy (non-hydrogen) atoms. The van der Waals surface area contributed by atoms with Gasteiger partial charge in [-0.25, -0.2) is 9.97 Å². The highest BCUT2D eigenvalue weighted by Gasteiger charge is 2.15. The number of nitrogens with zero attached hydrogens (tertiary/aromatic N) is 3. The zero-order valence-electron chi connectivity index (χ0n) is 17.7. The summed E-state index contributed by atoms with van der Waals surface area (Å²) in [6.45, 7) is 0.757. The molecule has 7 rings (SSSR count). The lowest BCUT2D eigenvalue weighted by atomic mass is 10.0. The van der Waals surface area contributed by atoms with Crippen LogP contribution < -0.4 is 4.74 Å². The zero-order valence-corrected chi connectivity index (χ0v) is 17.7. The summed E-state index contributed by atoms with van der Waals surface area (Å²) in [6, 6.07) is 22.8. The highest BCUT2D eigenvalue weighted by atomic mass is 16.5. The number of hydrogen-bond donors (Lipinski definition) is 2. The number of hydrogen-bond acceptors (Lipinski definition) is 4. The fourth-order valence-corrected chi connectivity index (χ4v) is 4.49. The van der Waals surface area contributed by atoms with Crippen LogP contribution in [0.5, 0.6) is 5.75 Å². The minimum Gasteiger partial charge on any atom is -0.493 e. The Labute approximate surface area is 189 Å². The average molecular weight is 429 g/mol. The van der Waals surface area contributed by atoms with E-state index in [1.165, 1.54) is 5.56 Å². The SMILES string of the molecule is c1cc(-c2nc3ccc(-c4ccc5[nH]c(-c6ccc7c(c6)CCO7)nc5c4)cc3[nH]2)ccn1. The molecule has 0 aliphatic carbocycles. The van der Waals surface area contributed by atoms with Gasteiger partial charge >= 0.3 is 0 Å². The first-order chi connectivity index (χ1) is 16.3. The molecule has 6 nitrogen and oxygen atoms in total. The van der Waals surface area contributed by atoms with Crippen molar-refractivity contribution in [2.45, 2.75) is 6.42 Å². The van der Waals surface area contributed by atoms with Crippen LogP contribution in [0.25, 0.3) is 56.0 Å². The van der Waals surface area contributed by atoms with Crippen LogP contribution in [0.1, 0.15) is 5.56 Å². The van der Waals surface area contributed by atoms with Gasteiger partial charge in [-0.3, -0.25) is 4.98 Å². The predicted molar refractivity (Wildman–Crippen MR) is 129 cm³/mol. The van der Waals surface area contributed by atoms with Crippen molar-refractivity contribution in [1.82, 2.24) is 24.9 Å². The molecule has 0 saturated carbocycles. The van der Waals surface area contributed by atoms with E-state index in [1.807, 2.05) is 18.2 Å². The van der Waals surface area contributed by atoms with E-state index >= 15 is 0 Å². The van der Waals surface area contributed by atoms with Gasteiger partial charge < -0.3 is 14.7 Å².